The molecule has 0 spiro atoms. The molecule has 21 heavy (non-hydrogen) atoms. The molecule has 1 aromatic rings. The molecule has 0 saturated heterocycles. The van der Waals surface area contributed by atoms with Gasteiger partial charge in [0.1, 0.15) is 11.8 Å². The summed E-state index contributed by atoms with van der Waals surface area (Å²) in [7, 11) is 0. The fourth-order valence-corrected chi connectivity index (χ4v) is 1.87. The summed E-state index contributed by atoms with van der Waals surface area (Å²) in [5.74, 6) is -0.843. The number of rotatable bonds is 7. The van der Waals surface area contributed by atoms with E-state index in [1.165, 1.54) is 12.1 Å². The number of nitrogens with two attached hydrogens (primary N) is 2. The van der Waals surface area contributed by atoms with E-state index in [-0.39, 0.29) is 24.0 Å². The van der Waals surface area contributed by atoms with Gasteiger partial charge in [0.05, 0.1) is 6.04 Å². The minimum absolute atomic E-state index is 0.0206. The Bertz CT molecular complexity index is 487. The Balaban J connectivity index is 2.72. The number of carbonyl (C=O) groups is 2. The maximum absolute atomic E-state index is 12.0. The molecule has 0 heterocycles. The van der Waals surface area contributed by atoms with Crippen LogP contribution in [-0.4, -0.2) is 29.0 Å². The van der Waals surface area contributed by atoms with Gasteiger partial charge in [0.15, 0.2) is 0 Å². The Morgan fingerprint density at radius 1 is 1.29 bits per heavy atom. The van der Waals surface area contributed by atoms with Gasteiger partial charge in [-0.1, -0.05) is 32.4 Å². The summed E-state index contributed by atoms with van der Waals surface area (Å²) in [6.45, 7) is 3.82. The van der Waals surface area contributed by atoms with Crippen LogP contribution in [0.15, 0.2) is 24.3 Å². The van der Waals surface area contributed by atoms with Crippen molar-refractivity contribution in [1.29, 1.82) is 0 Å². The Labute approximate surface area is 124 Å². The molecule has 0 saturated carbocycles. The number of nitrogens with one attached hydrogen (secondary N) is 1. The Morgan fingerprint density at radius 3 is 2.33 bits per heavy atom. The van der Waals surface area contributed by atoms with Crippen molar-refractivity contribution in [3.63, 3.8) is 0 Å². The maximum atomic E-state index is 12.0. The van der Waals surface area contributed by atoms with Gasteiger partial charge in [-0.25, -0.2) is 0 Å². The van der Waals surface area contributed by atoms with Crippen LogP contribution in [-0.2, 0) is 16.0 Å². The van der Waals surface area contributed by atoms with E-state index in [1.807, 2.05) is 13.8 Å². The van der Waals surface area contributed by atoms with E-state index in [0.29, 0.717) is 0 Å². The third kappa shape index (κ3) is 5.07. The predicted molar refractivity (Wildman–Crippen MR) is 80.4 cm³/mol. The summed E-state index contributed by atoms with van der Waals surface area (Å²) >= 11 is 0. The minimum Gasteiger partial charge on any atom is -0.508 e. The normalized spacial score (nSPS) is 15.0. The van der Waals surface area contributed by atoms with E-state index in [1.54, 1.807) is 12.1 Å². The molecule has 6 N–H and O–H groups in total. The average molecular weight is 293 g/mol. The maximum Gasteiger partial charge on any atom is 0.240 e. The monoisotopic (exact) mass is 293 g/mol. The van der Waals surface area contributed by atoms with Gasteiger partial charge in [0.2, 0.25) is 11.8 Å². The SMILES string of the molecule is CC[C@H](C)[C@H](N)C(=O)N[C@@H](Cc1ccc(O)cc1)C(N)=O. The zero-order chi connectivity index (χ0) is 16.0. The Morgan fingerprint density at radius 2 is 1.86 bits per heavy atom. The van der Waals surface area contributed by atoms with E-state index in [4.69, 9.17) is 11.5 Å². The predicted octanol–water partition coefficient (Wildman–Crippen LogP) is 0.278. The molecule has 0 unspecified atom stereocenters. The zero-order valence-electron chi connectivity index (χ0n) is 12.4. The van der Waals surface area contributed by atoms with Gasteiger partial charge in [0.25, 0.3) is 0 Å². The molecule has 0 aliphatic heterocycles. The van der Waals surface area contributed by atoms with E-state index in [0.717, 1.165) is 12.0 Å². The molecule has 1 aromatic carbocycles. The first kappa shape index (κ1) is 17.0. The number of carbonyl (C=O) groups excluding carboxylic acids is 2. The molecule has 0 radical (unpaired) electrons. The standard InChI is InChI=1S/C15H23N3O3/c1-3-9(2)13(16)15(21)18-12(14(17)20)8-10-4-6-11(19)7-5-10/h4-7,9,12-13,19H,3,8,16H2,1-2H3,(H2,17,20)(H,18,21)/t9-,12-,13-/m0/s1. The third-order valence-corrected chi connectivity index (χ3v) is 3.60. The van der Waals surface area contributed by atoms with Crippen LogP contribution in [0.5, 0.6) is 5.75 Å². The molecule has 116 valence electrons. The molecular weight excluding hydrogens is 270 g/mol. The molecule has 6 nitrogen and oxygen atoms in total. The smallest absolute Gasteiger partial charge is 0.240 e. The fraction of sp³-hybridized carbons (Fsp3) is 0.467. The second-order valence-electron chi connectivity index (χ2n) is 5.25. The molecule has 0 aliphatic carbocycles. The van der Waals surface area contributed by atoms with Gasteiger partial charge in [-0.05, 0) is 23.6 Å². The van der Waals surface area contributed by atoms with Gasteiger partial charge >= 0.3 is 0 Å². The first-order chi connectivity index (χ1) is 9.85. The first-order valence-electron chi connectivity index (χ1n) is 6.98. The highest BCUT2D eigenvalue weighted by Crippen LogP contribution is 2.12. The summed E-state index contributed by atoms with van der Waals surface area (Å²) in [5.41, 5.74) is 11.9. The zero-order valence-corrected chi connectivity index (χ0v) is 12.4. The summed E-state index contributed by atoms with van der Waals surface area (Å²) in [5, 5.41) is 11.8. The summed E-state index contributed by atoms with van der Waals surface area (Å²) < 4.78 is 0. The molecular formula is C15H23N3O3. The number of aromatic hydroxyl groups is 1. The van der Waals surface area contributed by atoms with Crippen LogP contribution in [0.4, 0.5) is 0 Å². The lowest BCUT2D eigenvalue weighted by Gasteiger charge is -2.21. The fourth-order valence-electron chi connectivity index (χ4n) is 1.87. The van der Waals surface area contributed by atoms with Crippen molar-refractivity contribution in [2.45, 2.75) is 38.8 Å². The van der Waals surface area contributed by atoms with Crippen molar-refractivity contribution in [3.8, 4) is 5.75 Å². The second-order valence-corrected chi connectivity index (χ2v) is 5.25. The topological polar surface area (TPSA) is 118 Å². The highest BCUT2D eigenvalue weighted by molar-refractivity contribution is 5.89. The number of amides is 2. The van der Waals surface area contributed by atoms with Gasteiger partial charge in [0, 0.05) is 6.42 Å². The molecule has 0 bridgehead atoms. The van der Waals surface area contributed by atoms with Gasteiger partial charge < -0.3 is 21.9 Å². The van der Waals surface area contributed by atoms with Crippen molar-refractivity contribution >= 4 is 11.8 Å². The molecule has 2 amide bonds. The summed E-state index contributed by atoms with van der Waals surface area (Å²) in [6.07, 6.45) is 1.03. The van der Waals surface area contributed by atoms with Crippen molar-refractivity contribution in [2.24, 2.45) is 17.4 Å². The lowest BCUT2D eigenvalue weighted by Crippen LogP contribution is -2.53. The number of hydrogen-bond acceptors (Lipinski definition) is 4. The van der Waals surface area contributed by atoms with Crippen LogP contribution in [0.3, 0.4) is 0 Å². The Hall–Kier alpha value is -2.08. The largest absolute Gasteiger partial charge is 0.508 e. The van der Waals surface area contributed by atoms with Crippen molar-refractivity contribution in [2.75, 3.05) is 0 Å². The number of phenols is 1. The van der Waals surface area contributed by atoms with Crippen LogP contribution in [0.2, 0.25) is 0 Å². The van der Waals surface area contributed by atoms with E-state index in [9.17, 15) is 14.7 Å². The van der Waals surface area contributed by atoms with Gasteiger partial charge in [-0.2, -0.15) is 0 Å². The third-order valence-electron chi connectivity index (χ3n) is 3.60. The average Bonchev–Trinajstić information content (AvgIpc) is 2.46. The number of hydrogen-bond donors (Lipinski definition) is 4. The van der Waals surface area contributed by atoms with Crippen LogP contribution >= 0.6 is 0 Å². The molecule has 0 fully saturated rings. The van der Waals surface area contributed by atoms with Gasteiger partial charge in [-0.15, -0.1) is 0 Å². The minimum atomic E-state index is -0.822. The number of benzene rings is 1. The lowest BCUT2D eigenvalue weighted by molar-refractivity contribution is -0.128. The highest BCUT2D eigenvalue weighted by Gasteiger charge is 2.24. The van der Waals surface area contributed by atoms with Crippen LogP contribution in [0.25, 0.3) is 0 Å². The number of primary amides is 1. The summed E-state index contributed by atoms with van der Waals surface area (Å²) in [4.78, 5) is 23.5. The van der Waals surface area contributed by atoms with E-state index < -0.39 is 18.0 Å². The second kappa shape index (κ2) is 7.64. The van der Waals surface area contributed by atoms with Crippen LogP contribution < -0.4 is 16.8 Å². The molecule has 3 atom stereocenters. The molecule has 1 rings (SSSR count). The Kier molecular flexibility index (Phi) is 6.17. The number of phenolic OH excluding ortho intramolecular Hbond substituents is 1. The highest BCUT2D eigenvalue weighted by atomic mass is 16.3. The molecule has 0 aromatic heterocycles. The van der Waals surface area contributed by atoms with Crippen molar-refractivity contribution in [1.82, 2.24) is 5.32 Å². The van der Waals surface area contributed by atoms with Crippen LogP contribution in [0.1, 0.15) is 25.8 Å². The molecule has 6 heteroatoms. The van der Waals surface area contributed by atoms with Crippen molar-refractivity contribution in [3.05, 3.63) is 29.8 Å². The quantitative estimate of drug-likeness (QED) is 0.577. The van der Waals surface area contributed by atoms with Crippen molar-refractivity contribution < 1.29 is 14.7 Å². The van der Waals surface area contributed by atoms with Gasteiger partial charge in [-0.3, -0.25) is 9.59 Å². The van der Waals surface area contributed by atoms with E-state index in [2.05, 4.69) is 5.32 Å². The first-order valence-corrected chi connectivity index (χ1v) is 6.98. The van der Waals surface area contributed by atoms with Crippen LogP contribution in [0, 0.1) is 5.92 Å². The molecule has 0 aliphatic rings. The van der Waals surface area contributed by atoms with E-state index >= 15 is 0 Å². The lowest BCUT2D eigenvalue weighted by atomic mass is 9.98. The summed E-state index contributed by atoms with van der Waals surface area (Å²) in [6, 6.07) is 4.88.